The molecule has 0 fully saturated rings. The van der Waals surface area contributed by atoms with Gasteiger partial charge in [0, 0.05) is 15.7 Å². The summed E-state index contributed by atoms with van der Waals surface area (Å²) in [7, 11) is 0. The molecule has 0 saturated carbocycles. The van der Waals surface area contributed by atoms with Gasteiger partial charge in [-0.3, -0.25) is 4.79 Å². The van der Waals surface area contributed by atoms with Crippen LogP contribution < -0.4 is 10.1 Å². The molecule has 2 aromatic carbocycles. The molecule has 3 nitrogen and oxygen atoms in total. The molecule has 1 aliphatic rings. The largest absolute Gasteiger partial charge is 0.426 e. The second-order valence-electron chi connectivity index (χ2n) is 6.30. The number of hydrogen-bond donors (Lipinski definition) is 1. The number of carbonyl (C=O) groups is 1. The van der Waals surface area contributed by atoms with E-state index in [1.165, 1.54) is 0 Å². The van der Waals surface area contributed by atoms with Crippen molar-refractivity contribution in [3.8, 4) is 5.75 Å². The number of ether oxygens (including phenoxy) is 1. The van der Waals surface area contributed by atoms with E-state index in [0.29, 0.717) is 17.0 Å². The van der Waals surface area contributed by atoms with Crippen LogP contribution in [0, 0.1) is 11.8 Å². The number of esters is 1. The van der Waals surface area contributed by atoms with Crippen LogP contribution in [0.1, 0.15) is 41.5 Å². The van der Waals surface area contributed by atoms with Gasteiger partial charge >= 0.3 is 5.97 Å². The topological polar surface area (TPSA) is 38.3 Å². The summed E-state index contributed by atoms with van der Waals surface area (Å²) >= 11 is 1.81. The second-order valence-corrected chi connectivity index (χ2v) is 7.48. The summed E-state index contributed by atoms with van der Waals surface area (Å²) < 4.78 is 5.63. The minimum absolute atomic E-state index is 0.138. The summed E-state index contributed by atoms with van der Waals surface area (Å²) in [4.78, 5) is 13.1. The number of rotatable bonds is 3. The number of carbonyl (C=O) groups excluding carboxylic acids is 1. The summed E-state index contributed by atoms with van der Waals surface area (Å²) in [6, 6.07) is 10.1. The van der Waals surface area contributed by atoms with Crippen LogP contribution in [0.15, 0.2) is 35.2 Å². The Kier molecular flexibility index (Phi) is 6.16. The highest BCUT2D eigenvalue weighted by molar-refractivity contribution is 8.00. The van der Waals surface area contributed by atoms with Crippen molar-refractivity contribution in [1.82, 2.24) is 0 Å². The van der Waals surface area contributed by atoms with E-state index in [9.17, 15) is 4.79 Å². The van der Waals surface area contributed by atoms with Crippen LogP contribution in [0.2, 0.25) is 0 Å². The van der Waals surface area contributed by atoms with Crippen molar-refractivity contribution in [2.75, 3.05) is 5.32 Å². The van der Waals surface area contributed by atoms with E-state index in [1.807, 2.05) is 52.0 Å². The van der Waals surface area contributed by atoms with Crippen molar-refractivity contribution >= 4 is 34.2 Å². The molecule has 0 radical (unpaired) electrons. The van der Waals surface area contributed by atoms with Gasteiger partial charge in [0.25, 0.3) is 0 Å². The maximum absolute atomic E-state index is 12.0. The smallest absolute Gasteiger partial charge is 0.313 e. The molecule has 0 saturated heterocycles. The Morgan fingerprint density at radius 3 is 2.33 bits per heavy atom. The number of hydrogen-bond acceptors (Lipinski definition) is 4. The second kappa shape index (κ2) is 7.93. The Bertz CT molecular complexity index is 725. The molecule has 2 aromatic rings. The maximum atomic E-state index is 12.0. The van der Waals surface area contributed by atoms with Crippen molar-refractivity contribution in [2.24, 2.45) is 11.8 Å². The highest BCUT2D eigenvalue weighted by Crippen LogP contribution is 2.48. The molecule has 1 heterocycles. The van der Waals surface area contributed by atoms with E-state index >= 15 is 0 Å². The molecule has 0 bridgehead atoms. The molecule has 24 heavy (non-hydrogen) atoms. The Morgan fingerprint density at radius 2 is 1.75 bits per heavy atom. The number of anilines is 1. The number of nitrogens with one attached hydrogen (secondary N) is 1. The van der Waals surface area contributed by atoms with Crippen molar-refractivity contribution in [1.29, 1.82) is 0 Å². The van der Waals surface area contributed by atoms with Crippen molar-refractivity contribution in [2.45, 2.75) is 51.8 Å². The van der Waals surface area contributed by atoms with Gasteiger partial charge in [-0.05, 0) is 12.0 Å². The van der Waals surface area contributed by atoms with E-state index in [2.05, 4.69) is 25.2 Å². The summed E-state index contributed by atoms with van der Waals surface area (Å²) in [6.07, 6.45) is 0. The highest BCUT2D eigenvalue weighted by Gasteiger charge is 2.27. The van der Waals surface area contributed by atoms with Crippen LogP contribution in [-0.4, -0.2) is 11.3 Å². The molecule has 3 rings (SSSR count). The van der Waals surface area contributed by atoms with E-state index in [-0.39, 0.29) is 11.9 Å². The SMILES string of the molecule is CC.CC(C)C(=O)Oc1cc2c(c3ccccc13)NC(C(C)C)S2. The predicted molar refractivity (Wildman–Crippen MR) is 104 cm³/mol. The van der Waals surface area contributed by atoms with Gasteiger partial charge in [-0.1, -0.05) is 77.6 Å². The van der Waals surface area contributed by atoms with Gasteiger partial charge in [0.2, 0.25) is 0 Å². The lowest BCUT2D eigenvalue weighted by molar-refractivity contribution is -0.137. The maximum Gasteiger partial charge on any atom is 0.313 e. The first-order valence-corrected chi connectivity index (χ1v) is 9.56. The van der Waals surface area contributed by atoms with Gasteiger partial charge in [0.15, 0.2) is 0 Å². The fourth-order valence-corrected chi connectivity index (χ4v) is 3.67. The third kappa shape index (κ3) is 3.69. The zero-order valence-corrected chi connectivity index (χ0v) is 16.2. The first-order valence-electron chi connectivity index (χ1n) is 8.68. The molecule has 1 unspecified atom stereocenters. The number of fused-ring (bicyclic) bond motifs is 3. The first kappa shape index (κ1) is 18.7. The lowest BCUT2D eigenvalue weighted by atomic mass is 10.1. The lowest BCUT2D eigenvalue weighted by Crippen LogP contribution is -2.17. The van der Waals surface area contributed by atoms with Crippen LogP contribution >= 0.6 is 11.8 Å². The third-order valence-corrected chi connectivity index (χ3v) is 5.29. The van der Waals surface area contributed by atoms with Crippen LogP contribution in [0.5, 0.6) is 5.75 Å². The Morgan fingerprint density at radius 1 is 1.12 bits per heavy atom. The standard InChI is InChI=1S/C18H21NO2S.C2H6/c1-10(2)17-19-16-13-8-6-5-7-12(13)14(9-15(16)22-17)21-18(20)11(3)4;1-2/h5-11,17,19H,1-4H3;1-2H3. The molecule has 4 heteroatoms. The monoisotopic (exact) mass is 345 g/mol. The quantitative estimate of drug-likeness (QED) is 0.553. The number of benzene rings is 2. The van der Waals surface area contributed by atoms with Crippen LogP contribution in [0.3, 0.4) is 0 Å². The minimum Gasteiger partial charge on any atom is -0.426 e. The number of thioether (sulfide) groups is 1. The summed E-state index contributed by atoms with van der Waals surface area (Å²) in [6.45, 7) is 12.1. The van der Waals surface area contributed by atoms with E-state index in [1.54, 1.807) is 11.8 Å². The summed E-state index contributed by atoms with van der Waals surface area (Å²) in [5.41, 5.74) is 1.16. The van der Waals surface area contributed by atoms with Gasteiger partial charge in [-0.15, -0.1) is 0 Å². The fourth-order valence-electron chi connectivity index (χ4n) is 2.48. The average Bonchev–Trinajstić information content (AvgIpc) is 3.01. The summed E-state index contributed by atoms with van der Waals surface area (Å²) in [5.74, 6) is 0.854. The van der Waals surface area contributed by atoms with Gasteiger partial charge < -0.3 is 10.1 Å². The molecule has 1 N–H and O–H groups in total. The Balaban J connectivity index is 0.00000100. The average molecular weight is 346 g/mol. The predicted octanol–water partition coefficient (Wildman–Crippen LogP) is 5.93. The molecular weight excluding hydrogens is 318 g/mol. The molecule has 1 aliphatic heterocycles. The molecule has 0 amide bonds. The Labute approximate surface area is 149 Å². The van der Waals surface area contributed by atoms with Gasteiger partial charge in [-0.25, -0.2) is 0 Å². The van der Waals surface area contributed by atoms with Gasteiger partial charge in [-0.2, -0.15) is 0 Å². The van der Waals surface area contributed by atoms with E-state index < -0.39 is 0 Å². The molecule has 0 aliphatic carbocycles. The molecule has 130 valence electrons. The van der Waals surface area contributed by atoms with E-state index in [0.717, 1.165) is 21.4 Å². The van der Waals surface area contributed by atoms with Gasteiger partial charge in [0.1, 0.15) is 5.75 Å². The fraction of sp³-hybridized carbons (Fsp3) is 0.450. The molecular formula is C20H27NO2S. The Hall–Kier alpha value is -1.68. The molecule has 1 atom stereocenters. The zero-order chi connectivity index (χ0) is 17.9. The summed E-state index contributed by atoms with van der Waals surface area (Å²) in [5, 5.41) is 6.05. The van der Waals surface area contributed by atoms with Crippen LogP contribution in [-0.2, 0) is 4.79 Å². The van der Waals surface area contributed by atoms with Crippen LogP contribution in [0.25, 0.3) is 10.8 Å². The first-order chi connectivity index (χ1) is 11.5. The zero-order valence-electron chi connectivity index (χ0n) is 15.3. The highest BCUT2D eigenvalue weighted by atomic mass is 32.2. The normalized spacial score (nSPS) is 15.8. The van der Waals surface area contributed by atoms with Crippen molar-refractivity contribution < 1.29 is 9.53 Å². The molecule has 0 spiro atoms. The van der Waals surface area contributed by atoms with Crippen molar-refractivity contribution in [3.63, 3.8) is 0 Å². The van der Waals surface area contributed by atoms with E-state index in [4.69, 9.17) is 4.74 Å². The third-order valence-electron chi connectivity index (χ3n) is 3.80. The van der Waals surface area contributed by atoms with Crippen LogP contribution in [0.4, 0.5) is 5.69 Å². The lowest BCUT2D eigenvalue weighted by Gasteiger charge is -2.14. The van der Waals surface area contributed by atoms with Crippen molar-refractivity contribution in [3.05, 3.63) is 30.3 Å². The molecule has 0 aromatic heterocycles. The minimum atomic E-state index is -0.193. The van der Waals surface area contributed by atoms with Gasteiger partial charge in [0.05, 0.1) is 17.0 Å².